The fraction of sp³-hybridized carbons (Fsp3) is 0.263. The Labute approximate surface area is 153 Å². The number of carbonyl (C=O) groups is 2. The summed E-state index contributed by atoms with van der Waals surface area (Å²) in [6, 6.07) is 15.7. The first-order valence-corrected chi connectivity index (χ1v) is 10.3. The summed E-state index contributed by atoms with van der Waals surface area (Å²) in [5.41, 5.74) is 1.89. The Hall–Kier alpha value is -2.11. The number of Topliss-reactive ketones (excluding diaryl/α,β-unsaturated/α-hetero) is 1. The van der Waals surface area contributed by atoms with Gasteiger partial charge in [0.1, 0.15) is 6.16 Å². The van der Waals surface area contributed by atoms with Crippen LogP contribution >= 0.6 is 7.72 Å². The maximum Gasteiger partial charge on any atom is 0.335 e. The minimum atomic E-state index is -3.30. The van der Waals surface area contributed by atoms with Crippen LogP contribution in [0, 0.1) is 0 Å². The zero-order valence-corrected chi connectivity index (χ0v) is 15.2. The van der Waals surface area contributed by atoms with Crippen molar-refractivity contribution in [3.05, 3.63) is 71.3 Å². The van der Waals surface area contributed by atoms with Crippen molar-refractivity contribution < 1.29 is 24.5 Å². The first-order valence-electron chi connectivity index (χ1n) is 8.27. The average molecular weight is 376 g/mol. The lowest BCUT2D eigenvalue weighted by Crippen LogP contribution is -2.28. The molecule has 0 spiro atoms. The van der Waals surface area contributed by atoms with Crippen molar-refractivity contribution in [1.29, 1.82) is 0 Å². The van der Waals surface area contributed by atoms with Crippen molar-refractivity contribution in [3.63, 3.8) is 0 Å². The van der Waals surface area contributed by atoms with Gasteiger partial charge in [-0.15, -0.1) is 0 Å². The molecule has 0 aliphatic rings. The highest BCUT2D eigenvalue weighted by atomic mass is 31.2. The molecule has 2 aromatic carbocycles. The van der Waals surface area contributed by atoms with Crippen molar-refractivity contribution in [2.75, 3.05) is 19.3 Å². The van der Waals surface area contributed by atoms with Crippen LogP contribution in [-0.2, 0) is 17.4 Å². The fourth-order valence-electron chi connectivity index (χ4n) is 2.59. The molecule has 0 radical (unpaired) electrons. The normalized spacial score (nSPS) is 11.3. The van der Waals surface area contributed by atoms with E-state index in [2.05, 4.69) is 5.32 Å². The molecular formula is C19H23NO5P+. The van der Waals surface area contributed by atoms with Gasteiger partial charge in [0, 0.05) is 0 Å². The summed E-state index contributed by atoms with van der Waals surface area (Å²) in [6.45, 7) is 0.548. The van der Waals surface area contributed by atoms with Gasteiger partial charge in [-0.1, -0.05) is 42.5 Å². The van der Waals surface area contributed by atoms with Crippen molar-refractivity contribution in [2.24, 2.45) is 0 Å². The summed E-state index contributed by atoms with van der Waals surface area (Å²) >= 11 is 0. The number of nitrogens with one attached hydrogen (secondary N) is 1. The molecule has 0 atom stereocenters. The third-order valence-corrected chi connectivity index (χ3v) is 5.53. The van der Waals surface area contributed by atoms with Gasteiger partial charge in [0.15, 0.2) is 11.9 Å². The molecule has 0 aliphatic heterocycles. The average Bonchev–Trinajstić information content (AvgIpc) is 2.59. The Morgan fingerprint density at radius 3 is 2.35 bits per heavy atom. The molecular weight excluding hydrogens is 353 g/mol. The van der Waals surface area contributed by atoms with E-state index in [4.69, 9.17) is 5.11 Å². The second-order valence-corrected chi connectivity index (χ2v) is 8.54. The molecule has 0 unspecified atom stereocenters. The Bertz CT molecular complexity index is 749. The van der Waals surface area contributed by atoms with Crippen LogP contribution in [0.5, 0.6) is 0 Å². The number of benzene rings is 2. The summed E-state index contributed by atoms with van der Waals surface area (Å²) in [7, 11) is -3.30. The van der Waals surface area contributed by atoms with Gasteiger partial charge in [0.2, 0.25) is 0 Å². The standard InChI is InChI=1S/C19H22NO5P/c21-18(14-26(24,25)13-16-5-2-1-3-6-16)12-20-10-9-15-7-4-8-17(11-15)19(22)23/h1-8,11,20,24-25H,9-10,12-14H2/p+1. The van der Waals surface area contributed by atoms with Crippen LogP contribution in [0.2, 0.25) is 0 Å². The Kier molecular flexibility index (Phi) is 7.42. The molecule has 0 aromatic heterocycles. The second kappa shape index (κ2) is 9.55. The SMILES string of the molecule is O=C(CNCCc1cccc(C(=O)O)c1)C[P+](O)(O)Cc1ccccc1. The lowest BCUT2D eigenvalue weighted by molar-refractivity contribution is -0.116. The van der Waals surface area contributed by atoms with Crippen LogP contribution in [0.1, 0.15) is 21.5 Å². The van der Waals surface area contributed by atoms with Crippen LogP contribution in [-0.4, -0.2) is 45.9 Å². The maximum atomic E-state index is 12.0. The minimum absolute atomic E-state index is 0.0519. The molecule has 0 saturated carbocycles. The van der Waals surface area contributed by atoms with Gasteiger partial charge in [-0.05, 0) is 36.2 Å². The van der Waals surface area contributed by atoms with Crippen LogP contribution in [0.3, 0.4) is 0 Å². The third-order valence-electron chi connectivity index (χ3n) is 3.79. The molecule has 0 aliphatic carbocycles. The van der Waals surface area contributed by atoms with E-state index >= 15 is 0 Å². The number of carboxylic acids is 1. The molecule has 138 valence electrons. The quantitative estimate of drug-likeness (QED) is 0.374. The van der Waals surface area contributed by atoms with E-state index in [9.17, 15) is 19.4 Å². The number of carbonyl (C=O) groups excluding carboxylic acids is 1. The zero-order valence-electron chi connectivity index (χ0n) is 14.3. The highest BCUT2D eigenvalue weighted by Gasteiger charge is 2.36. The predicted molar refractivity (Wildman–Crippen MR) is 101 cm³/mol. The minimum Gasteiger partial charge on any atom is -0.478 e. The van der Waals surface area contributed by atoms with Crippen molar-refractivity contribution in [2.45, 2.75) is 12.6 Å². The molecule has 0 saturated heterocycles. The van der Waals surface area contributed by atoms with Gasteiger partial charge in [-0.3, -0.25) is 4.79 Å². The van der Waals surface area contributed by atoms with E-state index in [-0.39, 0.29) is 30.2 Å². The van der Waals surface area contributed by atoms with Gasteiger partial charge in [0.05, 0.1) is 12.1 Å². The largest absolute Gasteiger partial charge is 0.478 e. The molecule has 0 amide bonds. The monoisotopic (exact) mass is 376 g/mol. The summed E-state index contributed by atoms with van der Waals surface area (Å²) in [5.74, 6) is -1.22. The van der Waals surface area contributed by atoms with Gasteiger partial charge in [-0.2, -0.15) is 0 Å². The van der Waals surface area contributed by atoms with E-state index in [1.54, 1.807) is 24.3 Å². The van der Waals surface area contributed by atoms with Crippen molar-refractivity contribution in [3.8, 4) is 0 Å². The predicted octanol–water partition coefficient (Wildman–Crippen LogP) is 2.12. The Morgan fingerprint density at radius 1 is 0.962 bits per heavy atom. The smallest absolute Gasteiger partial charge is 0.335 e. The summed E-state index contributed by atoms with van der Waals surface area (Å²) in [4.78, 5) is 43.1. The summed E-state index contributed by atoms with van der Waals surface area (Å²) < 4.78 is 0. The molecule has 6 nitrogen and oxygen atoms in total. The van der Waals surface area contributed by atoms with Crippen molar-refractivity contribution in [1.82, 2.24) is 5.32 Å². The number of aromatic carboxylic acids is 1. The van der Waals surface area contributed by atoms with E-state index in [1.807, 2.05) is 24.3 Å². The summed E-state index contributed by atoms with van der Waals surface area (Å²) in [6.07, 6.45) is 0.432. The first-order chi connectivity index (χ1) is 12.4. The second-order valence-electron chi connectivity index (χ2n) is 6.15. The van der Waals surface area contributed by atoms with E-state index in [0.29, 0.717) is 13.0 Å². The molecule has 0 bridgehead atoms. The highest BCUT2D eigenvalue weighted by molar-refractivity contribution is 7.64. The van der Waals surface area contributed by atoms with Crippen LogP contribution in [0.15, 0.2) is 54.6 Å². The molecule has 7 heteroatoms. The zero-order chi connectivity index (χ0) is 19.0. The van der Waals surface area contributed by atoms with E-state index < -0.39 is 13.7 Å². The van der Waals surface area contributed by atoms with Gasteiger partial charge in [-0.25, -0.2) is 14.6 Å². The van der Waals surface area contributed by atoms with Gasteiger partial charge in [0.25, 0.3) is 7.72 Å². The van der Waals surface area contributed by atoms with Gasteiger partial charge >= 0.3 is 5.97 Å². The lowest BCUT2D eigenvalue weighted by Gasteiger charge is -2.12. The summed E-state index contributed by atoms with van der Waals surface area (Å²) in [5, 5.41) is 11.9. The Morgan fingerprint density at radius 2 is 1.65 bits per heavy atom. The van der Waals surface area contributed by atoms with Crippen LogP contribution in [0.4, 0.5) is 0 Å². The van der Waals surface area contributed by atoms with Gasteiger partial charge < -0.3 is 10.4 Å². The topological polar surface area (TPSA) is 107 Å². The van der Waals surface area contributed by atoms with E-state index in [1.165, 1.54) is 6.07 Å². The number of hydrogen-bond acceptors (Lipinski definition) is 5. The van der Waals surface area contributed by atoms with Crippen LogP contribution < -0.4 is 5.32 Å². The highest BCUT2D eigenvalue weighted by Crippen LogP contribution is 2.52. The number of rotatable bonds is 10. The van der Waals surface area contributed by atoms with Crippen LogP contribution in [0.25, 0.3) is 0 Å². The molecule has 4 N–H and O–H groups in total. The van der Waals surface area contributed by atoms with E-state index in [0.717, 1.165) is 11.1 Å². The molecule has 0 heterocycles. The lowest BCUT2D eigenvalue weighted by atomic mass is 10.1. The molecule has 0 fully saturated rings. The maximum absolute atomic E-state index is 12.0. The first kappa shape index (κ1) is 20.2. The third kappa shape index (κ3) is 7.02. The molecule has 2 rings (SSSR count). The number of ketones is 1. The Balaban J connectivity index is 1.73. The number of hydrogen-bond donors (Lipinski definition) is 4. The molecule has 2 aromatic rings. The molecule has 26 heavy (non-hydrogen) atoms. The fourth-order valence-corrected chi connectivity index (χ4v) is 4.17. The van der Waals surface area contributed by atoms with Crippen molar-refractivity contribution >= 4 is 19.5 Å². The number of carboxylic acid groups (broad SMARTS) is 1.